The van der Waals surface area contributed by atoms with Gasteiger partial charge in [-0.2, -0.15) is 0 Å². The summed E-state index contributed by atoms with van der Waals surface area (Å²) in [6.45, 7) is 8.80. The molecule has 4 N–H and O–H groups in total. The number of hydrogen-bond acceptors (Lipinski definition) is 4. The molecule has 0 aliphatic carbocycles. The summed E-state index contributed by atoms with van der Waals surface area (Å²) in [6.07, 6.45) is 0.348. The van der Waals surface area contributed by atoms with Crippen LogP contribution in [-0.4, -0.2) is 40.6 Å². The first kappa shape index (κ1) is 14.3. The van der Waals surface area contributed by atoms with Crippen LogP contribution in [-0.2, 0) is 4.79 Å². The highest BCUT2D eigenvalue weighted by Crippen LogP contribution is 2.10. The predicted molar refractivity (Wildman–Crippen MR) is 60.0 cm³/mol. The Hall–Kier alpha value is -0.650. The van der Waals surface area contributed by atoms with E-state index >= 15 is 0 Å². The number of nitrogens with two attached hydrogens (primary N) is 1. The Morgan fingerprint density at radius 1 is 1.60 bits per heavy atom. The van der Waals surface area contributed by atoms with Crippen molar-refractivity contribution in [2.24, 2.45) is 5.84 Å². The van der Waals surface area contributed by atoms with Gasteiger partial charge in [-0.15, -0.1) is 0 Å². The molecule has 0 heterocycles. The van der Waals surface area contributed by atoms with E-state index in [4.69, 9.17) is 5.84 Å². The maximum absolute atomic E-state index is 11.1. The lowest BCUT2D eigenvalue weighted by atomic mass is 10.1. The van der Waals surface area contributed by atoms with Crippen molar-refractivity contribution in [2.75, 3.05) is 13.1 Å². The number of amides is 1. The third-order valence-electron chi connectivity index (χ3n) is 2.26. The van der Waals surface area contributed by atoms with Gasteiger partial charge in [-0.05, 0) is 27.3 Å². The molecule has 0 saturated carbocycles. The molecule has 0 radical (unpaired) electrons. The molecule has 0 bridgehead atoms. The number of hydrogen-bond donors (Lipinski definition) is 3. The summed E-state index contributed by atoms with van der Waals surface area (Å²) in [6, 6.07) is 0.0741. The molecule has 5 heteroatoms. The maximum atomic E-state index is 11.1. The number of carbonyl (C=O) groups is 1. The normalized spacial score (nSPS) is 14.1. The van der Waals surface area contributed by atoms with Crippen LogP contribution in [0.5, 0.6) is 0 Å². The van der Waals surface area contributed by atoms with Gasteiger partial charge >= 0.3 is 0 Å². The molecule has 90 valence electrons. The molecular weight excluding hydrogens is 194 g/mol. The van der Waals surface area contributed by atoms with Crippen molar-refractivity contribution in [3.05, 3.63) is 0 Å². The minimum atomic E-state index is -0.747. The number of hydrazine groups is 1. The van der Waals surface area contributed by atoms with E-state index in [1.54, 1.807) is 13.8 Å². The molecule has 5 nitrogen and oxygen atoms in total. The SMILES string of the molecule is CCN(CC(C)(C)O)C(C)CC(=O)NN. The van der Waals surface area contributed by atoms with Gasteiger partial charge in [0.1, 0.15) is 0 Å². The van der Waals surface area contributed by atoms with Crippen molar-refractivity contribution in [3.63, 3.8) is 0 Å². The van der Waals surface area contributed by atoms with Crippen LogP contribution in [0.4, 0.5) is 0 Å². The predicted octanol–water partition coefficient (Wildman–Crippen LogP) is -0.152. The van der Waals surface area contributed by atoms with Gasteiger partial charge in [0, 0.05) is 19.0 Å². The van der Waals surface area contributed by atoms with Crippen LogP contribution in [0, 0.1) is 0 Å². The number of likely N-dealkylation sites (N-methyl/N-ethyl adjacent to an activating group) is 1. The molecule has 0 aliphatic heterocycles. The molecule has 1 amide bonds. The Bertz CT molecular complexity index is 201. The molecule has 0 rings (SSSR count). The first-order chi connectivity index (χ1) is 6.80. The number of nitrogens with one attached hydrogen (secondary N) is 1. The Morgan fingerprint density at radius 3 is 2.47 bits per heavy atom. The minimum absolute atomic E-state index is 0.0741. The van der Waals surface area contributed by atoms with Crippen molar-refractivity contribution in [1.82, 2.24) is 10.3 Å². The Kier molecular flexibility index (Phi) is 5.79. The number of nitrogens with zero attached hydrogens (tertiary/aromatic N) is 1. The largest absolute Gasteiger partial charge is 0.389 e. The van der Waals surface area contributed by atoms with Crippen LogP contribution in [0.2, 0.25) is 0 Å². The van der Waals surface area contributed by atoms with Crippen molar-refractivity contribution in [2.45, 2.75) is 45.8 Å². The Balaban J connectivity index is 4.22. The fourth-order valence-corrected chi connectivity index (χ4v) is 1.53. The van der Waals surface area contributed by atoms with E-state index < -0.39 is 5.60 Å². The van der Waals surface area contributed by atoms with Gasteiger partial charge in [0.15, 0.2) is 0 Å². The van der Waals surface area contributed by atoms with Gasteiger partial charge in [0.05, 0.1) is 5.60 Å². The van der Waals surface area contributed by atoms with Crippen LogP contribution in [0.15, 0.2) is 0 Å². The number of carbonyl (C=O) groups excluding carboxylic acids is 1. The van der Waals surface area contributed by atoms with E-state index in [2.05, 4.69) is 10.3 Å². The maximum Gasteiger partial charge on any atom is 0.235 e. The zero-order chi connectivity index (χ0) is 12.1. The smallest absolute Gasteiger partial charge is 0.235 e. The molecule has 0 fully saturated rings. The van der Waals surface area contributed by atoms with Crippen molar-refractivity contribution in [3.8, 4) is 0 Å². The lowest BCUT2D eigenvalue weighted by molar-refractivity contribution is -0.122. The summed E-state index contributed by atoms with van der Waals surface area (Å²) in [4.78, 5) is 13.1. The molecule has 0 aromatic carbocycles. The molecule has 15 heavy (non-hydrogen) atoms. The van der Waals surface area contributed by atoms with E-state index in [0.29, 0.717) is 13.0 Å². The second kappa shape index (κ2) is 6.05. The van der Waals surface area contributed by atoms with E-state index in [9.17, 15) is 9.90 Å². The van der Waals surface area contributed by atoms with Crippen molar-refractivity contribution >= 4 is 5.91 Å². The fraction of sp³-hybridized carbons (Fsp3) is 0.900. The molecule has 0 aliphatic rings. The molecule has 0 spiro atoms. The van der Waals surface area contributed by atoms with Crippen LogP contribution in [0.1, 0.15) is 34.1 Å². The molecular formula is C10H23N3O2. The molecule has 1 unspecified atom stereocenters. The van der Waals surface area contributed by atoms with Gasteiger partial charge in [-0.25, -0.2) is 5.84 Å². The average molecular weight is 217 g/mol. The topological polar surface area (TPSA) is 78.6 Å². The lowest BCUT2D eigenvalue weighted by Crippen LogP contribution is -2.45. The summed E-state index contributed by atoms with van der Waals surface area (Å²) in [5, 5.41) is 9.69. The first-order valence-electron chi connectivity index (χ1n) is 5.26. The second-order valence-corrected chi connectivity index (χ2v) is 4.50. The summed E-state index contributed by atoms with van der Waals surface area (Å²) in [7, 11) is 0. The van der Waals surface area contributed by atoms with Gasteiger partial charge < -0.3 is 5.11 Å². The third-order valence-corrected chi connectivity index (χ3v) is 2.26. The van der Waals surface area contributed by atoms with Gasteiger partial charge in [0.25, 0.3) is 0 Å². The minimum Gasteiger partial charge on any atom is -0.389 e. The second-order valence-electron chi connectivity index (χ2n) is 4.50. The zero-order valence-corrected chi connectivity index (χ0v) is 10.1. The van der Waals surface area contributed by atoms with Crippen LogP contribution < -0.4 is 11.3 Å². The van der Waals surface area contributed by atoms with Crippen LogP contribution >= 0.6 is 0 Å². The third kappa shape index (κ3) is 6.43. The Morgan fingerprint density at radius 2 is 2.13 bits per heavy atom. The highest BCUT2D eigenvalue weighted by atomic mass is 16.3. The quantitative estimate of drug-likeness (QED) is 0.328. The standard InChI is InChI=1S/C10H23N3O2/c1-5-13(7-10(3,4)15)8(2)6-9(14)12-11/h8,15H,5-7,11H2,1-4H3,(H,12,14). The van der Waals surface area contributed by atoms with E-state index in [1.807, 2.05) is 13.8 Å². The van der Waals surface area contributed by atoms with Crippen molar-refractivity contribution < 1.29 is 9.90 Å². The zero-order valence-electron chi connectivity index (χ0n) is 10.1. The molecule has 0 aromatic rings. The van der Waals surface area contributed by atoms with E-state index in [1.165, 1.54) is 0 Å². The lowest BCUT2D eigenvalue weighted by Gasteiger charge is -2.32. The van der Waals surface area contributed by atoms with Crippen molar-refractivity contribution in [1.29, 1.82) is 0 Å². The Labute approximate surface area is 91.6 Å². The highest BCUT2D eigenvalue weighted by molar-refractivity contribution is 5.75. The summed E-state index contributed by atoms with van der Waals surface area (Å²) in [5.74, 6) is 4.84. The first-order valence-corrected chi connectivity index (χ1v) is 5.26. The van der Waals surface area contributed by atoms with Gasteiger partial charge in [-0.3, -0.25) is 15.1 Å². The molecule has 0 saturated heterocycles. The highest BCUT2D eigenvalue weighted by Gasteiger charge is 2.22. The summed E-state index contributed by atoms with van der Waals surface area (Å²) < 4.78 is 0. The van der Waals surface area contributed by atoms with Gasteiger partial charge in [-0.1, -0.05) is 6.92 Å². The summed E-state index contributed by atoms with van der Waals surface area (Å²) in [5.41, 5.74) is 1.36. The van der Waals surface area contributed by atoms with Gasteiger partial charge in [0.2, 0.25) is 5.91 Å². The average Bonchev–Trinajstić information content (AvgIpc) is 2.12. The fourth-order valence-electron chi connectivity index (χ4n) is 1.53. The number of aliphatic hydroxyl groups is 1. The molecule has 1 atom stereocenters. The number of rotatable bonds is 6. The van der Waals surface area contributed by atoms with Crippen LogP contribution in [0.25, 0.3) is 0 Å². The van der Waals surface area contributed by atoms with E-state index in [0.717, 1.165) is 6.54 Å². The monoisotopic (exact) mass is 217 g/mol. The molecule has 0 aromatic heterocycles. The van der Waals surface area contributed by atoms with Crippen LogP contribution in [0.3, 0.4) is 0 Å². The van der Waals surface area contributed by atoms with E-state index in [-0.39, 0.29) is 11.9 Å². The summed E-state index contributed by atoms with van der Waals surface area (Å²) >= 11 is 0.